The van der Waals surface area contributed by atoms with E-state index in [0.29, 0.717) is 22.4 Å². The van der Waals surface area contributed by atoms with Gasteiger partial charge >= 0.3 is 24.3 Å². The van der Waals surface area contributed by atoms with E-state index >= 15 is 0 Å². The molecule has 5 aromatic rings. The molecule has 17 heteroatoms. The molecule has 1 atom stereocenters. The third-order valence-electron chi connectivity index (χ3n) is 8.90. The van der Waals surface area contributed by atoms with Crippen LogP contribution in [0.25, 0.3) is 12.2 Å². The average molecular weight is 878 g/mol. The fraction of sp³-hybridized carbons (Fsp3) is 0.174. The quantitative estimate of drug-likeness (QED) is 0.0193. The van der Waals surface area contributed by atoms with Crippen LogP contribution in [-0.4, -0.2) is 65.1 Å². The van der Waals surface area contributed by atoms with Crippen molar-refractivity contribution in [2.45, 2.75) is 31.0 Å². The molecule has 328 valence electrons. The van der Waals surface area contributed by atoms with Gasteiger partial charge in [0.1, 0.15) is 23.0 Å². The molecule has 4 N–H and O–H groups in total. The van der Waals surface area contributed by atoms with Crippen LogP contribution in [0.2, 0.25) is 0 Å². The van der Waals surface area contributed by atoms with Gasteiger partial charge in [-0.1, -0.05) is 48.6 Å². The van der Waals surface area contributed by atoms with E-state index in [4.69, 9.17) is 15.2 Å². The maximum atomic E-state index is 13.3. The Bertz CT molecular complexity index is 2410. The molecule has 1 unspecified atom stereocenters. The molecule has 0 aliphatic rings. The Kier molecular flexibility index (Phi) is 15.3. The van der Waals surface area contributed by atoms with Gasteiger partial charge < -0.3 is 34.9 Å². The van der Waals surface area contributed by atoms with Crippen molar-refractivity contribution in [3.8, 4) is 23.0 Å². The third kappa shape index (κ3) is 15.0. The largest absolute Gasteiger partial charge is 0.484 e. The zero-order chi connectivity index (χ0) is 45.8. The molecule has 0 fully saturated rings. The zero-order valence-corrected chi connectivity index (χ0v) is 32.8. The van der Waals surface area contributed by atoms with Crippen molar-refractivity contribution < 1.29 is 74.7 Å². The van der Waals surface area contributed by atoms with Crippen LogP contribution in [-0.2, 0) is 16.0 Å². The average Bonchev–Trinajstić information content (AvgIpc) is 3.24. The molecule has 0 spiro atoms. The van der Waals surface area contributed by atoms with Crippen LogP contribution in [0.3, 0.4) is 0 Å². The highest BCUT2D eigenvalue weighted by atomic mass is 19.4. The van der Waals surface area contributed by atoms with Crippen LogP contribution >= 0.6 is 0 Å². The maximum Gasteiger partial charge on any atom is 0.422 e. The van der Waals surface area contributed by atoms with Gasteiger partial charge in [-0.2, -0.15) is 26.3 Å². The highest BCUT2D eigenvalue weighted by Crippen LogP contribution is 2.28. The van der Waals surface area contributed by atoms with Crippen molar-refractivity contribution in [1.82, 2.24) is 0 Å². The Morgan fingerprint density at radius 1 is 0.556 bits per heavy atom. The number of hydrogen-bond donors (Lipinski definition) is 3. The predicted octanol–water partition coefficient (Wildman–Crippen LogP) is 8.38. The number of ketones is 2. The second kappa shape index (κ2) is 20.5. The summed E-state index contributed by atoms with van der Waals surface area (Å²) in [7, 11) is 0. The molecule has 5 rings (SSSR count). The van der Waals surface area contributed by atoms with Gasteiger partial charge in [0.2, 0.25) is 11.6 Å². The first-order valence-corrected chi connectivity index (χ1v) is 18.7. The van der Waals surface area contributed by atoms with Crippen LogP contribution in [0.4, 0.5) is 32.0 Å². The van der Waals surface area contributed by atoms with Gasteiger partial charge in [-0.25, -0.2) is 9.59 Å². The van der Waals surface area contributed by atoms with Gasteiger partial charge in [0, 0.05) is 18.0 Å². The lowest BCUT2D eigenvalue weighted by atomic mass is 9.84. The van der Waals surface area contributed by atoms with Gasteiger partial charge in [-0.3, -0.25) is 9.59 Å². The summed E-state index contributed by atoms with van der Waals surface area (Å²) < 4.78 is 94.1. The van der Waals surface area contributed by atoms with Crippen molar-refractivity contribution in [1.29, 1.82) is 0 Å². The first-order chi connectivity index (χ1) is 29.7. The first-order valence-electron chi connectivity index (χ1n) is 18.7. The molecule has 0 heterocycles. The predicted molar refractivity (Wildman–Crippen MR) is 217 cm³/mol. The molecule has 63 heavy (non-hydrogen) atoms. The smallest absolute Gasteiger partial charge is 0.422 e. The van der Waals surface area contributed by atoms with E-state index in [1.165, 1.54) is 115 Å². The van der Waals surface area contributed by atoms with Gasteiger partial charge in [-0.05, 0) is 120 Å². The number of alkyl halides is 6. The number of aliphatic hydroxyl groups is 2. The number of ether oxygens (including phenoxy) is 4. The second-order valence-electron chi connectivity index (χ2n) is 13.8. The third-order valence-corrected chi connectivity index (χ3v) is 8.90. The van der Waals surface area contributed by atoms with Gasteiger partial charge in [0.05, 0.1) is 11.1 Å². The van der Waals surface area contributed by atoms with Crippen molar-refractivity contribution in [2.75, 3.05) is 18.9 Å². The molecule has 11 nitrogen and oxygen atoms in total. The molecule has 0 bridgehead atoms. The van der Waals surface area contributed by atoms with E-state index in [1.54, 1.807) is 24.3 Å². The van der Waals surface area contributed by atoms with E-state index in [-0.39, 0.29) is 40.5 Å². The summed E-state index contributed by atoms with van der Waals surface area (Å²) in [6.07, 6.45) is -4.85. The number of nitrogen functional groups attached to an aromatic ring is 1. The SMILES string of the molecule is Nc1ccc(CC(CC(=O)/C=C/c2ccc(C(=O)Oc3ccc(OCC(F)(F)F)cc3)cc2)C(O)(O)C(=O)/C=C/c2ccc(C(=O)Oc3ccc(OCC(F)(F)F)cc3)cc2)cc1. The normalized spacial score (nSPS) is 12.5. The molecule has 0 radical (unpaired) electrons. The van der Waals surface area contributed by atoms with E-state index in [9.17, 15) is 55.7 Å². The highest BCUT2D eigenvalue weighted by molar-refractivity contribution is 6.00. The summed E-state index contributed by atoms with van der Waals surface area (Å²) in [5.41, 5.74) is 7.85. The van der Waals surface area contributed by atoms with Crippen molar-refractivity contribution >= 4 is 41.3 Å². The fourth-order valence-corrected chi connectivity index (χ4v) is 5.62. The molecule has 0 saturated carbocycles. The van der Waals surface area contributed by atoms with Crippen LogP contribution in [0.1, 0.15) is 43.8 Å². The summed E-state index contributed by atoms with van der Waals surface area (Å²) in [5.74, 6) is -7.69. The molecule has 5 aromatic carbocycles. The molecule has 0 amide bonds. The molecule has 0 aromatic heterocycles. The topological polar surface area (TPSA) is 172 Å². The zero-order valence-electron chi connectivity index (χ0n) is 32.8. The van der Waals surface area contributed by atoms with E-state index < -0.39 is 67.2 Å². The number of halogens is 6. The lowest BCUT2D eigenvalue weighted by molar-refractivity contribution is -0.199. The van der Waals surface area contributed by atoms with Crippen LogP contribution in [0.5, 0.6) is 23.0 Å². The lowest BCUT2D eigenvalue weighted by Gasteiger charge is -2.28. The first kappa shape index (κ1) is 46.8. The Balaban J connectivity index is 1.19. The standard InChI is InChI=1S/C46H37F6NO10/c47-44(48,49)27-60-37-16-20-39(21-17-37)62-42(56)32-9-1-29(2-10-32)7-15-36(54)26-34(25-31-5-13-35(53)14-6-31)46(58,59)41(55)24-8-30-3-11-33(12-4-30)43(57)63-40-22-18-38(19-23-40)61-28-45(50,51)52/h1-24,34,58-59H,25-28,53H2/b15-7+,24-8+. The number of nitrogens with two attached hydrogens (primary N) is 1. The Labute approximate surface area is 355 Å². The number of esters is 2. The summed E-state index contributed by atoms with van der Waals surface area (Å²) >= 11 is 0. The summed E-state index contributed by atoms with van der Waals surface area (Å²) in [6.45, 7) is -2.96. The maximum absolute atomic E-state index is 13.3. The van der Waals surface area contributed by atoms with Crippen molar-refractivity contribution in [3.05, 3.63) is 161 Å². The Hall–Kier alpha value is -7.24. The Morgan fingerprint density at radius 2 is 0.952 bits per heavy atom. The van der Waals surface area contributed by atoms with E-state index in [0.717, 1.165) is 6.08 Å². The summed E-state index contributed by atoms with van der Waals surface area (Å²) in [4.78, 5) is 51.8. The number of hydrogen-bond acceptors (Lipinski definition) is 11. The molecular weight excluding hydrogens is 840 g/mol. The van der Waals surface area contributed by atoms with Crippen LogP contribution in [0.15, 0.2) is 133 Å². The van der Waals surface area contributed by atoms with E-state index in [1.807, 2.05) is 0 Å². The molecular formula is C46H37F6NO10. The number of rotatable bonds is 18. The minimum Gasteiger partial charge on any atom is -0.484 e. The van der Waals surface area contributed by atoms with Gasteiger partial charge in [-0.15, -0.1) is 0 Å². The van der Waals surface area contributed by atoms with Crippen molar-refractivity contribution in [2.24, 2.45) is 5.92 Å². The molecule has 0 aliphatic carbocycles. The minimum atomic E-state index is -4.52. The number of allylic oxidation sites excluding steroid dienone is 1. The highest BCUT2D eigenvalue weighted by Gasteiger charge is 2.41. The summed E-state index contributed by atoms with van der Waals surface area (Å²) in [6, 6.07) is 27.8. The monoisotopic (exact) mass is 877 g/mol. The fourth-order valence-electron chi connectivity index (χ4n) is 5.62. The lowest BCUT2D eigenvalue weighted by Crippen LogP contribution is -2.46. The number of benzene rings is 5. The van der Waals surface area contributed by atoms with Crippen LogP contribution < -0.4 is 24.7 Å². The number of carbonyl (C=O) groups is 4. The number of anilines is 1. The second-order valence-corrected chi connectivity index (χ2v) is 13.8. The van der Waals surface area contributed by atoms with Crippen molar-refractivity contribution in [3.63, 3.8) is 0 Å². The van der Waals surface area contributed by atoms with Crippen LogP contribution in [0, 0.1) is 5.92 Å². The number of carbonyl (C=O) groups excluding carboxylic acids is 4. The van der Waals surface area contributed by atoms with Gasteiger partial charge in [0.15, 0.2) is 19.0 Å². The Morgan fingerprint density at radius 3 is 1.37 bits per heavy atom. The molecule has 0 aliphatic heterocycles. The summed E-state index contributed by atoms with van der Waals surface area (Å²) in [5, 5.41) is 22.4. The molecule has 0 saturated heterocycles. The van der Waals surface area contributed by atoms with E-state index in [2.05, 4.69) is 9.47 Å². The van der Waals surface area contributed by atoms with Gasteiger partial charge in [0.25, 0.3) is 0 Å². The minimum absolute atomic E-state index is 0.0430.